The second-order valence-electron chi connectivity index (χ2n) is 7.20. The van der Waals surface area contributed by atoms with Crippen molar-refractivity contribution in [2.24, 2.45) is 0 Å². The van der Waals surface area contributed by atoms with E-state index in [-0.39, 0.29) is 17.8 Å². The molecular weight excluding hydrogens is 380 g/mol. The number of nitrogens with zero attached hydrogens (tertiary/aromatic N) is 2. The van der Waals surface area contributed by atoms with Gasteiger partial charge in [0.05, 0.1) is 33.1 Å². The summed E-state index contributed by atoms with van der Waals surface area (Å²) >= 11 is 0. The molecule has 1 aliphatic carbocycles. The number of amides is 2. The molecule has 2 atom stereocenters. The van der Waals surface area contributed by atoms with Crippen LogP contribution in [-0.4, -0.2) is 55.7 Å². The van der Waals surface area contributed by atoms with Gasteiger partial charge in [0.15, 0.2) is 6.17 Å². The number of methoxy groups -OCH3 is 3. The topological polar surface area (TPSA) is 106 Å². The Balaban J connectivity index is 2.00. The highest BCUT2D eigenvalue weighted by molar-refractivity contribution is 5.99. The Kier molecular flexibility index (Phi) is 4.60. The molecule has 0 aromatic heterocycles. The van der Waals surface area contributed by atoms with E-state index in [0.717, 1.165) is 30.4 Å². The zero-order valence-corrected chi connectivity index (χ0v) is 16.4. The fourth-order valence-electron chi connectivity index (χ4n) is 4.56. The molecule has 9 heteroatoms. The molecule has 1 aromatic rings. The summed E-state index contributed by atoms with van der Waals surface area (Å²) in [6.07, 6.45) is 0.0712. The van der Waals surface area contributed by atoms with Crippen LogP contribution in [0.15, 0.2) is 23.5 Å². The van der Waals surface area contributed by atoms with Crippen molar-refractivity contribution < 1.29 is 33.7 Å². The summed E-state index contributed by atoms with van der Waals surface area (Å²) in [5.41, 5.74) is 3.34. The minimum absolute atomic E-state index is 0.0107. The fourth-order valence-corrected chi connectivity index (χ4v) is 4.56. The van der Waals surface area contributed by atoms with Crippen molar-refractivity contribution in [2.75, 3.05) is 26.2 Å². The maximum Gasteiger partial charge on any atom is 0.416 e. The normalized spacial score (nSPS) is 22.0. The molecule has 2 bridgehead atoms. The molecule has 1 aromatic carbocycles. The molecule has 0 saturated carbocycles. The van der Waals surface area contributed by atoms with Crippen LogP contribution in [0.3, 0.4) is 0 Å². The zero-order chi connectivity index (χ0) is 20.9. The summed E-state index contributed by atoms with van der Waals surface area (Å²) in [5, 5.41) is 10.7. The lowest BCUT2D eigenvalue weighted by Gasteiger charge is -2.50. The van der Waals surface area contributed by atoms with Crippen molar-refractivity contribution in [3.63, 3.8) is 0 Å². The van der Waals surface area contributed by atoms with Crippen LogP contribution in [0.5, 0.6) is 0 Å². The smallest absolute Gasteiger partial charge is 0.416 e. The minimum atomic E-state index is -1.24. The number of anilines is 1. The third-order valence-electron chi connectivity index (χ3n) is 5.82. The maximum absolute atomic E-state index is 12.8. The van der Waals surface area contributed by atoms with E-state index >= 15 is 0 Å². The molecule has 2 aliphatic heterocycles. The highest BCUT2D eigenvalue weighted by atomic mass is 16.6. The first kappa shape index (κ1) is 19.1. The third-order valence-corrected chi connectivity index (χ3v) is 5.82. The SMILES string of the molecule is COC(=O)C1=C(O)C[C@H]2c3cc4c(cc3N(C(=O)OC)[C@@H]1N2C(=O)OC)CCC4. The quantitative estimate of drug-likeness (QED) is 0.568. The number of hydrogen-bond acceptors (Lipinski definition) is 7. The van der Waals surface area contributed by atoms with E-state index in [4.69, 9.17) is 14.2 Å². The van der Waals surface area contributed by atoms with Gasteiger partial charge in [-0.3, -0.25) is 9.80 Å². The lowest BCUT2D eigenvalue weighted by molar-refractivity contribution is -0.137. The van der Waals surface area contributed by atoms with Gasteiger partial charge in [-0.2, -0.15) is 0 Å². The molecule has 3 aliphatic rings. The third kappa shape index (κ3) is 2.72. The predicted octanol–water partition coefficient (Wildman–Crippen LogP) is 2.59. The molecule has 29 heavy (non-hydrogen) atoms. The number of carbonyl (C=O) groups excluding carboxylic acids is 3. The maximum atomic E-state index is 12.8. The number of esters is 1. The number of carbonyl (C=O) groups is 3. The molecule has 0 unspecified atom stereocenters. The second-order valence-corrected chi connectivity index (χ2v) is 7.20. The molecule has 1 N–H and O–H groups in total. The summed E-state index contributed by atoms with van der Waals surface area (Å²) in [7, 11) is 3.61. The van der Waals surface area contributed by atoms with Gasteiger partial charge in [-0.1, -0.05) is 6.07 Å². The Morgan fingerprint density at radius 1 is 1.00 bits per heavy atom. The summed E-state index contributed by atoms with van der Waals surface area (Å²) in [6, 6.07) is 3.30. The van der Waals surface area contributed by atoms with Gasteiger partial charge in [0.25, 0.3) is 0 Å². The van der Waals surface area contributed by atoms with Crippen LogP contribution < -0.4 is 4.90 Å². The summed E-state index contributed by atoms with van der Waals surface area (Å²) in [4.78, 5) is 40.5. The van der Waals surface area contributed by atoms with Gasteiger partial charge in [-0.05, 0) is 42.0 Å². The Morgan fingerprint density at radius 3 is 2.28 bits per heavy atom. The number of rotatable bonds is 1. The summed E-state index contributed by atoms with van der Waals surface area (Å²) in [6.45, 7) is 0. The predicted molar refractivity (Wildman–Crippen MR) is 100 cm³/mol. The van der Waals surface area contributed by atoms with E-state index in [1.54, 1.807) is 0 Å². The van der Waals surface area contributed by atoms with E-state index in [1.807, 2.05) is 12.1 Å². The Labute approximate surface area is 167 Å². The number of aliphatic hydroxyl groups is 1. The van der Waals surface area contributed by atoms with Crippen LogP contribution in [-0.2, 0) is 31.8 Å². The monoisotopic (exact) mass is 402 g/mol. The second kappa shape index (κ2) is 6.98. The molecule has 0 fully saturated rings. The molecular formula is C20H22N2O7. The van der Waals surface area contributed by atoms with Gasteiger partial charge in [-0.25, -0.2) is 14.4 Å². The molecule has 0 spiro atoms. The van der Waals surface area contributed by atoms with Crippen molar-refractivity contribution in [1.29, 1.82) is 0 Å². The molecule has 4 rings (SSSR count). The number of ether oxygens (including phenoxy) is 3. The van der Waals surface area contributed by atoms with Gasteiger partial charge >= 0.3 is 18.2 Å². The van der Waals surface area contributed by atoms with Gasteiger partial charge in [0, 0.05) is 6.42 Å². The van der Waals surface area contributed by atoms with Gasteiger partial charge < -0.3 is 19.3 Å². The first-order chi connectivity index (χ1) is 13.9. The van der Waals surface area contributed by atoms with E-state index in [2.05, 4.69) is 0 Å². The highest BCUT2D eigenvalue weighted by Crippen LogP contribution is 2.49. The number of benzene rings is 1. The van der Waals surface area contributed by atoms with Crippen LogP contribution in [0, 0.1) is 0 Å². The number of fused-ring (bicyclic) bond motifs is 5. The standard InChI is InChI=1S/C20H22N2O7/c1-27-18(24)16-15(23)9-14-12-7-10-5-4-6-11(10)8-13(12)21(19(25)28-2)17(16)22(14)20(26)29-3/h7-8,14,17,23H,4-6,9H2,1-3H3/t14-,17+/m0/s1. The zero-order valence-electron chi connectivity index (χ0n) is 16.4. The average Bonchev–Trinajstić information content (AvgIpc) is 3.18. The molecule has 2 heterocycles. The molecule has 9 nitrogen and oxygen atoms in total. The Morgan fingerprint density at radius 2 is 1.66 bits per heavy atom. The molecule has 154 valence electrons. The first-order valence-corrected chi connectivity index (χ1v) is 9.32. The van der Waals surface area contributed by atoms with Crippen molar-refractivity contribution in [1.82, 2.24) is 4.90 Å². The van der Waals surface area contributed by atoms with Crippen molar-refractivity contribution in [3.8, 4) is 0 Å². The van der Waals surface area contributed by atoms with Crippen molar-refractivity contribution >= 4 is 23.8 Å². The Bertz CT molecular complexity index is 939. The van der Waals surface area contributed by atoms with Crippen LogP contribution >= 0.6 is 0 Å². The number of hydrogen-bond donors (Lipinski definition) is 1. The van der Waals surface area contributed by atoms with Gasteiger partial charge in [0.2, 0.25) is 0 Å². The van der Waals surface area contributed by atoms with Gasteiger partial charge in [0.1, 0.15) is 11.3 Å². The van der Waals surface area contributed by atoms with Crippen LogP contribution in [0.2, 0.25) is 0 Å². The van der Waals surface area contributed by atoms with E-state index in [1.165, 1.54) is 31.1 Å². The van der Waals surface area contributed by atoms with Crippen LogP contribution in [0.4, 0.5) is 15.3 Å². The fraction of sp³-hybridized carbons (Fsp3) is 0.450. The number of aliphatic hydroxyl groups excluding tert-OH is 1. The molecule has 2 amide bonds. The first-order valence-electron chi connectivity index (χ1n) is 9.32. The van der Waals surface area contributed by atoms with E-state index < -0.39 is 30.4 Å². The largest absolute Gasteiger partial charge is 0.512 e. The van der Waals surface area contributed by atoms with Crippen molar-refractivity contribution in [2.45, 2.75) is 37.9 Å². The lowest BCUT2D eigenvalue weighted by Crippen LogP contribution is -2.61. The summed E-state index contributed by atoms with van der Waals surface area (Å²) < 4.78 is 14.7. The minimum Gasteiger partial charge on any atom is -0.512 e. The lowest BCUT2D eigenvalue weighted by atomic mass is 9.85. The van der Waals surface area contributed by atoms with E-state index in [9.17, 15) is 19.5 Å². The molecule has 0 saturated heterocycles. The highest BCUT2D eigenvalue weighted by Gasteiger charge is 2.53. The average molecular weight is 402 g/mol. The van der Waals surface area contributed by atoms with Crippen LogP contribution in [0.25, 0.3) is 0 Å². The molecule has 0 radical (unpaired) electrons. The van der Waals surface area contributed by atoms with Crippen molar-refractivity contribution in [3.05, 3.63) is 40.2 Å². The van der Waals surface area contributed by atoms with E-state index in [0.29, 0.717) is 11.3 Å². The number of aryl methyl sites for hydroxylation is 2. The summed E-state index contributed by atoms with van der Waals surface area (Å²) in [5.74, 6) is -1.06. The van der Waals surface area contributed by atoms with Crippen LogP contribution in [0.1, 0.15) is 35.6 Å². The Hall–Kier alpha value is -3.23. The van der Waals surface area contributed by atoms with Gasteiger partial charge in [-0.15, -0.1) is 0 Å².